The molecule has 108 valence electrons. The fraction of sp³-hybridized carbons (Fsp3) is 0.714. The average Bonchev–Trinajstić information content (AvgIpc) is 2.38. The summed E-state index contributed by atoms with van der Waals surface area (Å²) in [4.78, 5) is 25.0. The molecule has 0 aromatic carbocycles. The molecule has 0 aliphatic carbocycles. The van der Waals surface area contributed by atoms with Crippen LogP contribution in [0.15, 0.2) is 12.7 Å². The van der Waals surface area contributed by atoms with Crippen LogP contribution in [0.25, 0.3) is 0 Å². The minimum atomic E-state index is -0.828. The van der Waals surface area contributed by atoms with E-state index in [2.05, 4.69) is 6.58 Å². The predicted octanol–water partition coefficient (Wildman–Crippen LogP) is 1.68. The van der Waals surface area contributed by atoms with Crippen LogP contribution in [-0.4, -0.2) is 47.2 Å². The van der Waals surface area contributed by atoms with Crippen molar-refractivity contribution in [3.63, 3.8) is 0 Å². The smallest absolute Gasteiger partial charge is 0.308 e. The van der Waals surface area contributed by atoms with Gasteiger partial charge in [-0.15, -0.1) is 6.58 Å². The van der Waals surface area contributed by atoms with Crippen molar-refractivity contribution in [1.82, 2.24) is 4.90 Å². The van der Waals surface area contributed by atoms with Gasteiger partial charge in [-0.25, -0.2) is 0 Å². The Balaban J connectivity index is 2.59. The topological polar surface area (TPSA) is 66.8 Å². The van der Waals surface area contributed by atoms with Crippen molar-refractivity contribution in [3.8, 4) is 0 Å². The molecular formula is C14H23NO4. The number of carbonyl (C=O) groups excluding carboxylic acids is 1. The third kappa shape index (κ3) is 4.06. The first-order valence-corrected chi connectivity index (χ1v) is 6.74. The molecule has 5 nitrogen and oxygen atoms in total. The molecule has 1 N–H and O–H groups in total. The lowest BCUT2D eigenvalue weighted by Gasteiger charge is -2.38. The van der Waals surface area contributed by atoms with E-state index in [1.54, 1.807) is 24.8 Å². The Hall–Kier alpha value is -1.36. The highest BCUT2D eigenvalue weighted by Gasteiger charge is 2.36. The van der Waals surface area contributed by atoms with Gasteiger partial charge in [-0.3, -0.25) is 9.59 Å². The van der Waals surface area contributed by atoms with Crippen LogP contribution in [-0.2, 0) is 14.3 Å². The van der Waals surface area contributed by atoms with Crippen molar-refractivity contribution < 1.29 is 19.4 Å². The maximum Gasteiger partial charge on any atom is 0.308 e. The Morgan fingerprint density at radius 2 is 2.26 bits per heavy atom. The first-order valence-electron chi connectivity index (χ1n) is 6.74. The molecule has 19 heavy (non-hydrogen) atoms. The first kappa shape index (κ1) is 15.7. The largest absolute Gasteiger partial charge is 0.481 e. The minimum absolute atomic E-state index is 0.123. The molecule has 0 bridgehead atoms. The van der Waals surface area contributed by atoms with Crippen molar-refractivity contribution in [2.24, 2.45) is 5.92 Å². The summed E-state index contributed by atoms with van der Waals surface area (Å²) in [6.45, 7) is 8.17. The maximum atomic E-state index is 12.3. The molecule has 0 spiro atoms. The molecule has 0 aromatic heterocycles. The van der Waals surface area contributed by atoms with E-state index in [0.717, 1.165) is 6.42 Å². The molecule has 1 unspecified atom stereocenters. The van der Waals surface area contributed by atoms with Crippen LogP contribution in [0.4, 0.5) is 0 Å². The number of carboxylic acids is 1. The van der Waals surface area contributed by atoms with Gasteiger partial charge >= 0.3 is 5.97 Å². The normalized spacial score (nSPS) is 24.8. The number of nitrogens with zero attached hydrogens (tertiary/aromatic N) is 1. The summed E-state index contributed by atoms with van der Waals surface area (Å²) in [5.74, 6) is -1.43. The fourth-order valence-electron chi connectivity index (χ4n) is 2.42. The quantitative estimate of drug-likeness (QED) is 0.588. The summed E-state index contributed by atoms with van der Waals surface area (Å²) in [6, 6.07) is -0.274. The number of ether oxygens (including phenoxy) is 1. The number of amides is 1. The zero-order valence-electron chi connectivity index (χ0n) is 11.7. The molecule has 3 atom stereocenters. The van der Waals surface area contributed by atoms with Crippen molar-refractivity contribution in [1.29, 1.82) is 0 Å². The van der Waals surface area contributed by atoms with Gasteiger partial charge in [-0.05, 0) is 33.1 Å². The second kappa shape index (κ2) is 7.28. The third-order valence-electron chi connectivity index (χ3n) is 3.63. The summed E-state index contributed by atoms with van der Waals surface area (Å²) in [5.41, 5.74) is 0. The Kier molecular flexibility index (Phi) is 6.02. The Morgan fingerprint density at radius 1 is 1.58 bits per heavy atom. The number of likely N-dealkylation sites (tertiary alicyclic amines) is 1. The number of rotatable bonds is 6. The van der Waals surface area contributed by atoms with Gasteiger partial charge in [-0.1, -0.05) is 6.08 Å². The molecule has 1 aliphatic rings. The monoisotopic (exact) mass is 269 g/mol. The van der Waals surface area contributed by atoms with E-state index in [1.807, 2.05) is 0 Å². The van der Waals surface area contributed by atoms with Crippen LogP contribution in [0.5, 0.6) is 0 Å². The van der Waals surface area contributed by atoms with Gasteiger partial charge in [0.15, 0.2) is 0 Å². The van der Waals surface area contributed by atoms with E-state index in [-0.39, 0.29) is 11.9 Å². The highest BCUT2D eigenvalue weighted by atomic mass is 16.5. The van der Waals surface area contributed by atoms with Crippen LogP contribution in [0.2, 0.25) is 0 Å². The third-order valence-corrected chi connectivity index (χ3v) is 3.63. The van der Waals surface area contributed by atoms with Gasteiger partial charge in [0, 0.05) is 12.6 Å². The Labute approximate surface area is 114 Å². The van der Waals surface area contributed by atoms with E-state index in [4.69, 9.17) is 9.84 Å². The molecule has 1 amide bonds. The molecule has 1 fully saturated rings. The molecule has 5 heteroatoms. The zero-order valence-corrected chi connectivity index (χ0v) is 11.7. The fourth-order valence-corrected chi connectivity index (χ4v) is 2.42. The van der Waals surface area contributed by atoms with E-state index < -0.39 is 18.0 Å². The Bertz CT molecular complexity index is 342. The molecule has 1 rings (SSSR count). The van der Waals surface area contributed by atoms with E-state index in [0.29, 0.717) is 26.0 Å². The number of hydrogen-bond donors (Lipinski definition) is 1. The van der Waals surface area contributed by atoms with Crippen molar-refractivity contribution in [2.75, 3.05) is 13.2 Å². The van der Waals surface area contributed by atoms with Crippen LogP contribution in [0.3, 0.4) is 0 Å². The average molecular weight is 269 g/mol. The standard InChI is InChI=1S/C14H23NO4/c1-4-5-9-19-11(3)13(16)15-8-6-7-12(10(15)2)14(17)18/h4,10-12H,1,5-9H2,2-3H3,(H,17,18)/t10-,11?,12-/m0/s1. The van der Waals surface area contributed by atoms with E-state index >= 15 is 0 Å². The lowest BCUT2D eigenvalue weighted by Crippen LogP contribution is -2.52. The number of hydrogen-bond acceptors (Lipinski definition) is 3. The van der Waals surface area contributed by atoms with E-state index in [1.165, 1.54) is 0 Å². The minimum Gasteiger partial charge on any atom is -0.481 e. The Morgan fingerprint density at radius 3 is 2.84 bits per heavy atom. The van der Waals surface area contributed by atoms with Crippen LogP contribution in [0, 0.1) is 5.92 Å². The molecule has 1 heterocycles. The summed E-state index contributed by atoms with van der Waals surface area (Å²) in [6.07, 6.45) is 3.26. The number of aliphatic carboxylic acids is 1. The molecule has 1 saturated heterocycles. The zero-order chi connectivity index (χ0) is 14.4. The van der Waals surface area contributed by atoms with E-state index in [9.17, 15) is 9.59 Å². The lowest BCUT2D eigenvalue weighted by atomic mass is 9.90. The SMILES string of the molecule is C=CCCOC(C)C(=O)N1CCC[C@H](C(=O)O)[C@@H]1C. The molecule has 0 saturated carbocycles. The van der Waals surface area contributed by atoms with Gasteiger partial charge in [0.25, 0.3) is 5.91 Å². The maximum absolute atomic E-state index is 12.3. The number of piperidine rings is 1. The highest BCUT2D eigenvalue weighted by molar-refractivity contribution is 5.82. The van der Waals surface area contributed by atoms with Crippen molar-refractivity contribution in [3.05, 3.63) is 12.7 Å². The highest BCUT2D eigenvalue weighted by Crippen LogP contribution is 2.24. The van der Waals surface area contributed by atoms with Crippen molar-refractivity contribution in [2.45, 2.75) is 45.3 Å². The molecule has 0 radical (unpaired) electrons. The summed E-state index contributed by atoms with van der Waals surface area (Å²) in [7, 11) is 0. The van der Waals surface area contributed by atoms with Crippen LogP contribution >= 0.6 is 0 Å². The van der Waals surface area contributed by atoms with Gasteiger partial charge in [-0.2, -0.15) is 0 Å². The second-order valence-electron chi connectivity index (χ2n) is 4.95. The lowest BCUT2D eigenvalue weighted by molar-refractivity contribution is -0.154. The van der Waals surface area contributed by atoms with Gasteiger partial charge in [0.1, 0.15) is 6.10 Å². The molecule has 1 aliphatic heterocycles. The van der Waals surface area contributed by atoms with Gasteiger partial charge in [0.05, 0.1) is 12.5 Å². The molecule has 0 aromatic rings. The predicted molar refractivity (Wildman–Crippen MR) is 71.8 cm³/mol. The summed E-state index contributed by atoms with van der Waals surface area (Å²) < 4.78 is 5.43. The summed E-state index contributed by atoms with van der Waals surface area (Å²) in [5, 5.41) is 9.14. The number of carbonyl (C=O) groups is 2. The number of carboxylic acid groups (broad SMARTS) is 1. The van der Waals surface area contributed by atoms with Crippen molar-refractivity contribution >= 4 is 11.9 Å². The molecular weight excluding hydrogens is 246 g/mol. The summed E-state index contributed by atoms with van der Waals surface area (Å²) >= 11 is 0. The second-order valence-corrected chi connectivity index (χ2v) is 4.95. The van der Waals surface area contributed by atoms with Crippen LogP contribution < -0.4 is 0 Å². The van der Waals surface area contributed by atoms with Gasteiger partial charge < -0.3 is 14.7 Å². The first-order chi connectivity index (χ1) is 8.99. The van der Waals surface area contributed by atoms with Gasteiger partial charge in [0.2, 0.25) is 0 Å². The van der Waals surface area contributed by atoms with Crippen LogP contribution in [0.1, 0.15) is 33.1 Å².